The Balaban J connectivity index is 1.63. The molecular formula is C37H24O. The van der Waals surface area contributed by atoms with Crippen LogP contribution in [0, 0.1) is 0 Å². The van der Waals surface area contributed by atoms with Gasteiger partial charge in [0.05, 0.1) is 19.2 Å². The number of benzene rings is 7. The summed E-state index contributed by atoms with van der Waals surface area (Å²) in [5.41, 5.74) is 1.62. The summed E-state index contributed by atoms with van der Waals surface area (Å²) in [6, 6.07) is 6.03. The molecule has 1 aromatic heterocycles. The lowest BCUT2D eigenvalue weighted by molar-refractivity contribution is 0.669. The first-order chi connectivity index (χ1) is 24.6. The van der Waals surface area contributed by atoms with E-state index in [1.54, 1.807) is 12.1 Å². The van der Waals surface area contributed by atoms with E-state index in [1.807, 2.05) is 30.3 Å². The third-order valence-corrected chi connectivity index (χ3v) is 6.94. The summed E-state index contributed by atoms with van der Waals surface area (Å²) >= 11 is 0. The van der Waals surface area contributed by atoms with E-state index in [1.165, 1.54) is 0 Å². The Bertz CT molecular complexity index is 2840. The van der Waals surface area contributed by atoms with Gasteiger partial charge in [0, 0.05) is 10.8 Å². The molecule has 8 rings (SSSR count). The van der Waals surface area contributed by atoms with Crippen LogP contribution in [0.3, 0.4) is 0 Å². The predicted molar refractivity (Wildman–Crippen MR) is 161 cm³/mol. The van der Waals surface area contributed by atoms with Gasteiger partial charge in [-0.05, 0) is 79.2 Å². The smallest absolute Gasteiger partial charge is 0.135 e. The van der Waals surface area contributed by atoms with E-state index in [9.17, 15) is 5.48 Å². The van der Waals surface area contributed by atoms with Crippen LogP contribution in [0.15, 0.2) is 138 Å². The lowest BCUT2D eigenvalue weighted by Gasteiger charge is -2.18. The molecule has 0 aliphatic heterocycles. The highest BCUT2D eigenvalue weighted by atomic mass is 16.3. The van der Waals surface area contributed by atoms with Gasteiger partial charge >= 0.3 is 0 Å². The van der Waals surface area contributed by atoms with Crippen molar-refractivity contribution in [2.45, 2.75) is 6.42 Å². The quantitative estimate of drug-likeness (QED) is 0.221. The maximum absolute atomic E-state index is 9.21. The van der Waals surface area contributed by atoms with Crippen molar-refractivity contribution in [3.8, 4) is 11.1 Å². The van der Waals surface area contributed by atoms with Crippen LogP contribution in [0.1, 0.15) is 30.3 Å². The van der Waals surface area contributed by atoms with E-state index in [-0.39, 0.29) is 55.4 Å². The van der Waals surface area contributed by atoms with Gasteiger partial charge in [0.25, 0.3) is 0 Å². The van der Waals surface area contributed by atoms with Crippen molar-refractivity contribution in [2.75, 3.05) is 0 Å². The van der Waals surface area contributed by atoms with Gasteiger partial charge < -0.3 is 4.42 Å². The second-order valence-electron chi connectivity index (χ2n) is 9.04. The summed E-state index contributed by atoms with van der Waals surface area (Å²) in [4.78, 5) is 0. The molecule has 0 radical (unpaired) electrons. The van der Waals surface area contributed by atoms with E-state index in [0.717, 1.165) is 16.8 Å². The molecule has 0 bridgehead atoms. The highest BCUT2D eigenvalue weighted by Gasteiger charge is 2.17. The summed E-state index contributed by atoms with van der Waals surface area (Å²) < 4.78 is 129. The minimum absolute atomic E-state index is 0.0489. The molecule has 0 fully saturated rings. The monoisotopic (exact) mass is 498 g/mol. The summed E-state index contributed by atoms with van der Waals surface area (Å²) in [6.07, 6.45) is -0.0489. The molecule has 1 heteroatoms. The molecule has 0 spiro atoms. The summed E-state index contributed by atoms with van der Waals surface area (Å²) in [7, 11) is 0. The number of furan rings is 1. The van der Waals surface area contributed by atoms with Crippen molar-refractivity contribution in [3.05, 3.63) is 144 Å². The van der Waals surface area contributed by atoms with Gasteiger partial charge in [-0.2, -0.15) is 0 Å². The first-order valence-corrected chi connectivity index (χ1v) is 12.0. The number of hydrogen-bond donors (Lipinski definition) is 0. The fraction of sp³-hybridized carbons (Fsp3) is 0.0270. The van der Waals surface area contributed by atoms with E-state index in [4.69, 9.17) is 18.1 Å². The maximum Gasteiger partial charge on any atom is 0.135 e. The van der Waals surface area contributed by atoms with Gasteiger partial charge in [-0.3, -0.25) is 0 Å². The highest BCUT2D eigenvalue weighted by Crippen LogP contribution is 2.42. The van der Waals surface area contributed by atoms with Crippen molar-refractivity contribution in [1.29, 1.82) is 0 Å². The van der Waals surface area contributed by atoms with Gasteiger partial charge in [0.2, 0.25) is 0 Å². The minimum atomic E-state index is -0.666. The lowest BCUT2D eigenvalue weighted by atomic mass is 9.85. The zero-order valence-electron chi connectivity index (χ0n) is 33.7. The average Bonchev–Trinajstić information content (AvgIpc) is 3.50. The average molecular weight is 499 g/mol. The molecule has 0 saturated carbocycles. The Morgan fingerprint density at radius 3 is 2.03 bits per heavy atom. The third kappa shape index (κ3) is 3.19. The van der Waals surface area contributed by atoms with Crippen LogP contribution in [0.5, 0.6) is 0 Å². The molecule has 0 saturated heterocycles. The second-order valence-corrected chi connectivity index (χ2v) is 9.04. The van der Waals surface area contributed by atoms with E-state index in [0.29, 0.717) is 16.7 Å². The van der Waals surface area contributed by atoms with Gasteiger partial charge in [-0.1, -0.05) is 115 Å². The zero-order valence-corrected chi connectivity index (χ0v) is 19.7. The SMILES string of the molecule is [2H]c1cc2c(-c3c4c([2H])c([2H])c([2H])c([2H])c4c(Cc4ccc5oc6ccccc6c5c4)c4c([2H])c([2H])c([2H])c([2H])c34)c([2H])c([2H])c([2H])c2c([2H])c1[2H]. The number of rotatable bonds is 3. The molecule has 1 heterocycles. The Hall–Kier alpha value is -4.88. The van der Waals surface area contributed by atoms with Gasteiger partial charge in [-0.25, -0.2) is 0 Å². The standard InChI is InChI=1S/C37H24O/c1-2-12-26-25(10-1)11-9-18-30(26)37-31-16-5-3-13-27(31)33(28-14-4-6-17-32(28)37)22-24-20-21-36-34(23-24)29-15-7-8-19-35(29)38-36/h1-21,23H,22H2/i1D,2D,3D,4D,5D,6D,9D,10D,11D,13D,14D,16D,17D,18D. The summed E-state index contributed by atoms with van der Waals surface area (Å²) in [5.74, 6) is 0. The fourth-order valence-electron chi connectivity index (χ4n) is 5.28. The molecule has 0 atom stereocenters. The van der Waals surface area contributed by atoms with Gasteiger partial charge in [0.15, 0.2) is 0 Å². The maximum atomic E-state index is 9.21. The van der Waals surface area contributed by atoms with Crippen LogP contribution in [0.25, 0.3) is 65.4 Å². The Morgan fingerprint density at radius 2 is 1.21 bits per heavy atom. The largest absolute Gasteiger partial charge is 0.456 e. The normalized spacial score (nSPS) is 16.9. The predicted octanol–water partition coefficient (Wildman–Crippen LogP) is 10.3. The Kier molecular flexibility index (Phi) is 2.56. The second kappa shape index (κ2) is 8.33. The topological polar surface area (TPSA) is 13.1 Å². The molecule has 38 heavy (non-hydrogen) atoms. The highest BCUT2D eigenvalue weighted by molar-refractivity contribution is 6.18. The number of hydrogen-bond acceptors (Lipinski definition) is 1. The Labute approximate surface area is 240 Å². The summed E-state index contributed by atoms with van der Waals surface area (Å²) in [5, 5.41) is 0.747. The molecule has 8 aromatic rings. The van der Waals surface area contributed by atoms with Gasteiger partial charge in [0.1, 0.15) is 11.2 Å². The van der Waals surface area contributed by atoms with Crippen LogP contribution in [0.2, 0.25) is 0 Å². The fourth-order valence-corrected chi connectivity index (χ4v) is 5.28. The van der Waals surface area contributed by atoms with Crippen molar-refractivity contribution in [2.24, 2.45) is 0 Å². The third-order valence-electron chi connectivity index (χ3n) is 6.94. The van der Waals surface area contributed by atoms with Gasteiger partial charge in [-0.15, -0.1) is 0 Å². The zero-order chi connectivity index (χ0) is 37.2. The van der Waals surface area contributed by atoms with Crippen LogP contribution < -0.4 is 0 Å². The van der Waals surface area contributed by atoms with E-state index < -0.39 is 84.6 Å². The molecule has 0 unspecified atom stereocenters. The van der Waals surface area contributed by atoms with Crippen molar-refractivity contribution in [3.63, 3.8) is 0 Å². The summed E-state index contributed by atoms with van der Waals surface area (Å²) in [6.45, 7) is 0. The lowest BCUT2D eigenvalue weighted by Crippen LogP contribution is -1.96. The number of fused-ring (bicyclic) bond motifs is 6. The van der Waals surface area contributed by atoms with Crippen molar-refractivity contribution in [1.82, 2.24) is 0 Å². The van der Waals surface area contributed by atoms with Crippen molar-refractivity contribution < 1.29 is 23.6 Å². The molecule has 0 amide bonds. The van der Waals surface area contributed by atoms with Crippen molar-refractivity contribution >= 4 is 54.3 Å². The first-order valence-electron chi connectivity index (χ1n) is 19.0. The first kappa shape index (κ1) is 11.7. The van der Waals surface area contributed by atoms with Crippen LogP contribution in [-0.2, 0) is 6.42 Å². The molecular weight excluding hydrogens is 460 g/mol. The molecule has 0 N–H and O–H groups in total. The van der Waals surface area contributed by atoms with E-state index in [2.05, 4.69) is 0 Å². The molecule has 7 aromatic carbocycles. The minimum Gasteiger partial charge on any atom is -0.456 e. The number of para-hydroxylation sites is 1. The van der Waals surface area contributed by atoms with E-state index >= 15 is 0 Å². The Morgan fingerprint density at radius 1 is 0.526 bits per heavy atom. The van der Waals surface area contributed by atoms with Crippen LogP contribution in [-0.4, -0.2) is 0 Å². The molecule has 0 aliphatic rings. The molecule has 1 nitrogen and oxygen atoms in total. The van der Waals surface area contributed by atoms with Crippen LogP contribution >= 0.6 is 0 Å². The molecule has 178 valence electrons. The molecule has 0 aliphatic carbocycles. The van der Waals surface area contributed by atoms with Crippen LogP contribution in [0.4, 0.5) is 0 Å².